The zero-order chi connectivity index (χ0) is 8.48. The Bertz CT molecular complexity index is 158. The van der Waals surface area contributed by atoms with E-state index in [0.29, 0.717) is 18.4 Å². The van der Waals surface area contributed by atoms with E-state index in [9.17, 15) is 0 Å². The molecule has 0 radical (unpaired) electrons. The van der Waals surface area contributed by atoms with Gasteiger partial charge in [0, 0.05) is 6.61 Å². The number of allylic oxidation sites excluding steroid dienone is 2. The van der Waals surface area contributed by atoms with Crippen LogP contribution in [0.4, 0.5) is 0 Å². The van der Waals surface area contributed by atoms with Crippen LogP contribution in [0.15, 0.2) is 12.2 Å². The summed E-state index contributed by atoms with van der Waals surface area (Å²) in [5, 5.41) is 9.11. The average molecular weight is 154 g/mol. The lowest BCUT2D eigenvalue weighted by Gasteiger charge is -2.39. The minimum atomic E-state index is 0.267. The predicted molar refractivity (Wildman–Crippen MR) is 47.3 cm³/mol. The Hall–Kier alpha value is -0.300. The van der Waals surface area contributed by atoms with Gasteiger partial charge in [-0.15, -0.1) is 0 Å². The molecule has 0 bridgehead atoms. The first-order valence-corrected chi connectivity index (χ1v) is 4.36. The van der Waals surface area contributed by atoms with Gasteiger partial charge >= 0.3 is 0 Å². The summed E-state index contributed by atoms with van der Waals surface area (Å²) >= 11 is 0. The fourth-order valence-corrected chi connectivity index (χ4v) is 1.68. The van der Waals surface area contributed by atoms with Gasteiger partial charge in [-0.3, -0.25) is 0 Å². The molecule has 0 fully saturated rings. The molecular formula is C10H18O. The van der Waals surface area contributed by atoms with Crippen molar-refractivity contribution >= 4 is 0 Å². The largest absolute Gasteiger partial charge is 0.396 e. The molecule has 1 nitrogen and oxygen atoms in total. The van der Waals surface area contributed by atoms with E-state index in [1.165, 1.54) is 0 Å². The Morgan fingerprint density at radius 3 is 2.64 bits per heavy atom. The smallest absolute Gasteiger partial charge is 0.0467 e. The molecule has 2 atom stereocenters. The van der Waals surface area contributed by atoms with Crippen LogP contribution in [-0.2, 0) is 0 Å². The van der Waals surface area contributed by atoms with Gasteiger partial charge in [-0.25, -0.2) is 0 Å². The van der Waals surface area contributed by atoms with E-state index < -0.39 is 0 Å². The highest BCUT2D eigenvalue weighted by atomic mass is 16.3. The van der Waals surface area contributed by atoms with Crippen LogP contribution < -0.4 is 0 Å². The molecule has 0 aromatic carbocycles. The lowest BCUT2D eigenvalue weighted by atomic mass is 9.66. The van der Waals surface area contributed by atoms with Crippen molar-refractivity contribution in [1.29, 1.82) is 0 Å². The van der Waals surface area contributed by atoms with Crippen LogP contribution in [0, 0.1) is 17.3 Å². The molecular weight excluding hydrogens is 136 g/mol. The molecule has 0 aromatic heterocycles. The van der Waals surface area contributed by atoms with Crippen LogP contribution >= 0.6 is 0 Å². The quantitative estimate of drug-likeness (QED) is 0.574. The molecule has 1 aliphatic rings. The SMILES string of the molecule is CC1C=CCC(CO)C1(C)C. The van der Waals surface area contributed by atoms with Gasteiger partial charge in [-0.1, -0.05) is 32.9 Å². The molecule has 0 saturated carbocycles. The third-order valence-electron chi connectivity index (χ3n) is 3.29. The Kier molecular flexibility index (Phi) is 2.38. The van der Waals surface area contributed by atoms with Gasteiger partial charge in [-0.05, 0) is 23.7 Å². The van der Waals surface area contributed by atoms with Gasteiger partial charge in [0.2, 0.25) is 0 Å². The normalized spacial score (nSPS) is 35.6. The maximum absolute atomic E-state index is 9.11. The molecule has 0 spiro atoms. The van der Waals surface area contributed by atoms with Crippen molar-refractivity contribution in [2.75, 3.05) is 6.61 Å². The number of rotatable bonds is 1. The van der Waals surface area contributed by atoms with Crippen molar-refractivity contribution in [1.82, 2.24) is 0 Å². The van der Waals surface area contributed by atoms with Gasteiger partial charge in [-0.2, -0.15) is 0 Å². The van der Waals surface area contributed by atoms with Crippen molar-refractivity contribution in [2.24, 2.45) is 17.3 Å². The van der Waals surface area contributed by atoms with Crippen molar-refractivity contribution in [3.8, 4) is 0 Å². The highest BCUT2D eigenvalue weighted by molar-refractivity contribution is 5.02. The minimum Gasteiger partial charge on any atom is -0.396 e. The zero-order valence-electron chi connectivity index (χ0n) is 7.67. The third-order valence-corrected chi connectivity index (χ3v) is 3.29. The van der Waals surface area contributed by atoms with Crippen LogP contribution in [0.25, 0.3) is 0 Å². The van der Waals surface area contributed by atoms with Gasteiger partial charge < -0.3 is 5.11 Å². The number of hydrogen-bond acceptors (Lipinski definition) is 1. The second-order valence-corrected chi connectivity index (χ2v) is 4.15. The highest BCUT2D eigenvalue weighted by Crippen LogP contribution is 2.40. The first-order valence-electron chi connectivity index (χ1n) is 4.36. The maximum Gasteiger partial charge on any atom is 0.0467 e. The first-order chi connectivity index (χ1) is 5.09. The van der Waals surface area contributed by atoms with Crippen LogP contribution in [0.3, 0.4) is 0 Å². The molecule has 11 heavy (non-hydrogen) atoms. The molecule has 1 rings (SSSR count). The number of aliphatic hydroxyl groups is 1. The fourth-order valence-electron chi connectivity index (χ4n) is 1.68. The molecule has 1 heteroatoms. The van der Waals surface area contributed by atoms with E-state index in [2.05, 4.69) is 32.9 Å². The van der Waals surface area contributed by atoms with Crippen LogP contribution in [-0.4, -0.2) is 11.7 Å². The molecule has 1 N–H and O–H groups in total. The second kappa shape index (κ2) is 2.98. The third kappa shape index (κ3) is 1.48. The number of hydrogen-bond donors (Lipinski definition) is 1. The molecule has 0 saturated heterocycles. The summed E-state index contributed by atoms with van der Waals surface area (Å²) in [4.78, 5) is 0. The summed E-state index contributed by atoms with van der Waals surface area (Å²) in [6.45, 7) is 7.02. The molecule has 0 aromatic rings. The summed E-state index contributed by atoms with van der Waals surface area (Å²) in [7, 11) is 0. The van der Waals surface area contributed by atoms with E-state index in [-0.39, 0.29) is 5.41 Å². The first kappa shape index (κ1) is 8.79. The second-order valence-electron chi connectivity index (χ2n) is 4.15. The average Bonchev–Trinajstić information content (AvgIpc) is 1.95. The molecule has 64 valence electrons. The zero-order valence-corrected chi connectivity index (χ0v) is 7.67. The van der Waals surface area contributed by atoms with Gasteiger partial charge in [0.05, 0.1) is 0 Å². The summed E-state index contributed by atoms with van der Waals surface area (Å²) in [6.07, 6.45) is 5.48. The fraction of sp³-hybridized carbons (Fsp3) is 0.800. The molecule has 0 aliphatic heterocycles. The lowest BCUT2D eigenvalue weighted by Crippen LogP contribution is -2.34. The maximum atomic E-state index is 9.11. The lowest BCUT2D eigenvalue weighted by molar-refractivity contribution is 0.0805. The van der Waals surface area contributed by atoms with Crippen molar-refractivity contribution in [2.45, 2.75) is 27.2 Å². The Morgan fingerprint density at radius 2 is 2.18 bits per heavy atom. The van der Waals surface area contributed by atoms with Crippen LogP contribution in [0.5, 0.6) is 0 Å². The Labute approximate surface area is 69.1 Å². The Balaban J connectivity index is 2.77. The molecule has 1 aliphatic carbocycles. The van der Waals surface area contributed by atoms with Crippen molar-refractivity contribution in [3.05, 3.63) is 12.2 Å². The minimum absolute atomic E-state index is 0.267. The van der Waals surface area contributed by atoms with Crippen molar-refractivity contribution < 1.29 is 5.11 Å². The van der Waals surface area contributed by atoms with Crippen LogP contribution in [0.2, 0.25) is 0 Å². The summed E-state index contributed by atoms with van der Waals surface area (Å²) in [5.74, 6) is 1.04. The molecule has 0 heterocycles. The number of aliphatic hydroxyl groups excluding tert-OH is 1. The van der Waals surface area contributed by atoms with Gasteiger partial charge in [0.25, 0.3) is 0 Å². The summed E-state index contributed by atoms with van der Waals surface area (Å²) in [6, 6.07) is 0. The van der Waals surface area contributed by atoms with Gasteiger partial charge in [0.1, 0.15) is 0 Å². The van der Waals surface area contributed by atoms with E-state index >= 15 is 0 Å². The monoisotopic (exact) mass is 154 g/mol. The van der Waals surface area contributed by atoms with E-state index in [0.717, 1.165) is 6.42 Å². The Morgan fingerprint density at radius 1 is 1.55 bits per heavy atom. The summed E-state index contributed by atoms with van der Waals surface area (Å²) in [5.41, 5.74) is 0.267. The van der Waals surface area contributed by atoms with Gasteiger partial charge in [0.15, 0.2) is 0 Å². The summed E-state index contributed by atoms with van der Waals surface area (Å²) < 4.78 is 0. The highest BCUT2D eigenvalue weighted by Gasteiger charge is 2.34. The van der Waals surface area contributed by atoms with Crippen molar-refractivity contribution in [3.63, 3.8) is 0 Å². The van der Waals surface area contributed by atoms with E-state index in [4.69, 9.17) is 5.11 Å². The van der Waals surface area contributed by atoms with E-state index in [1.54, 1.807) is 0 Å². The molecule has 0 amide bonds. The predicted octanol–water partition coefficient (Wildman–Crippen LogP) is 2.22. The molecule has 2 unspecified atom stereocenters. The van der Waals surface area contributed by atoms with E-state index in [1.807, 2.05) is 0 Å². The van der Waals surface area contributed by atoms with Crippen LogP contribution in [0.1, 0.15) is 27.2 Å². The standard InChI is InChI=1S/C10H18O/c1-8-5-4-6-9(7-11)10(8,2)3/h4-5,8-9,11H,6-7H2,1-3H3. The topological polar surface area (TPSA) is 20.2 Å².